The van der Waals surface area contributed by atoms with Crippen molar-refractivity contribution in [2.75, 3.05) is 48.9 Å². The average molecular weight is 438 g/mol. The number of carbonyl (C=O) groups excluding carboxylic acids is 2. The zero-order valence-corrected chi connectivity index (χ0v) is 18.3. The molecule has 2 aromatic heterocycles. The Hall–Kier alpha value is -3.20. The summed E-state index contributed by atoms with van der Waals surface area (Å²) in [5.74, 6) is 1.78. The topological polar surface area (TPSA) is 106 Å². The van der Waals surface area contributed by atoms with E-state index in [1.807, 2.05) is 13.0 Å². The van der Waals surface area contributed by atoms with Gasteiger partial charge >= 0.3 is 0 Å². The maximum absolute atomic E-state index is 12.5. The van der Waals surface area contributed by atoms with Crippen molar-refractivity contribution in [3.8, 4) is 5.75 Å². The fraction of sp³-hybridized carbons (Fsp3) is 0.478. The van der Waals surface area contributed by atoms with Crippen LogP contribution in [0, 0.1) is 11.3 Å². The molecule has 0 radical (unpaired) electrons. The number of methoxy groups -OCH3 is 1. The number of aromatic nitrogens is 2. The average Bonchev–Trinajstić information content (AvgIpc) is 3.57. The van der Waals surface area contributed by atoms with Crippen LogP contribution < -0.4 is 20.3 Å². The van der Waals surface area contributed by atoms with Gasteiger partial charge < -0.3 is 25.0 Å². The summed E-state index contributed by atoms with van der Waals surface area (Å²) in [5.41, 5.74) is 1.98. The normalized spacial score (nSPS) is 18.5. The first kappa shape index (κ1) is 20.7. The minimum Gasteiger partial charge on any atom is -0.491 e. The molecule has 0 unspecified atom stereocenters. The lowest BCUT2D eigenvalue weighted by Crippen LogP contribution is -2.66. The summed E-state index contributed by atoms with van der Waals surface area (Å²) in [6, 6.07) is 3.51. The molecule has 1 amide bonds. The minimum atomic E-state index is -0.0389. The third-order valence-corrected chi connectivity index (χ3v) is 6.25. The van der Waals surface area contributed by atoms with Crippen molar-refractivity contribution in [2.24, 2.45) is 11.3 Å². The molecule has 1 saturated carbocycles. The van der Waals surface area contributed by atoms with Crippen LogP contribution in [0.15, 0.2) is 24.5 Å². The van der Waals surface area contributed by atoms with Crippen LogP contribution in [0.1, 0.15) is 36.5 Å². The van der Waals surface area contributed by atoms with E-state index in [4.69, 9.17) is 9.47 Å². The van der Waals surface area contributed by atoms with E-state index in [0.717, 1.165) is 45.0 Å². The number of pyridine rings is 2. The van der Waals surface area contributed by atoms with Crippen LogP contribution in [-0.4, -0.2) is 55.1 Å². The van der Waals surface area contributed by atoms with Crippen molar-refractivity contribution in [3.63, 3.8) is 0 Å². The van der Waals surface area contributed by atoms with Gasteiger partial charge in [-0.1, -0.05) is 6.92 Å². The van der Waals surface area contributed by atoms with Crippen LogP contribution in [-0.2, 0) is 9.53 Å². The third-order valence-electron chi connectivity index (χ3n) is 6.25. The maximum atomic E-state index is 12.5. The van der Waals surface area contributed by atoms with E-state index in [2.05, 4.69) is 25.5 Å². The number of carbonyl (C=O) groups is 2. The molecule has 1 aliphatic carbocycles. The molecule has 0 aromatic carbocycles. The van der Waals surface area contributed by atoms with Crippen molar-refractivity contribution in [2.45, 2.75) is 26.2 Å². The standard InChI is InChI=1S/C23H27N5O4/c1-3-18(29)15-9-25-19(27-22(30)14-4-5-14)8-17(15)26-16-6-7-24-21(20(16)31-2)28-10-23(11-28)12-32-13-23/h6-9,14H,3-5,10-13H2,1-2H3,(H2,24,25,26,27,30). The van der Waals surface area contributed by atoms with E-state index in [-0.39, 0.29) is 23.0 Å². The lowest BCUT2D eigenvalue weighted by atomic mass is 9.78. The summed E-state index contributed by atoms with van der Waals surface area (Å²) < 4.78 is 11.1. The predicted molar refractivity (Wildman–Crippen MR) is 120 cm³/mol. The number of amides is 1. The molecule has 4 heterocycles. The van der Waals surface area contributed by atoms with Gasteiger partial charge in [0, 0.05) is 43.9 Å². The van der Waals surface area contributed by atoms with Crippen molar-refractivity contribution in [1.29, 1.82) is 0 Å². The Morgan fingerprint density at radius 3 is 2.66 bits per heavy atom. The number of Topliss-reactive ketones (excluding diaryl/α,β-unsaturated/α-hetero) is 1. The van der Waals surface area contributed by atoms with Crippen LogP contribution in [0.25, 0.3) is 0 Å². The Balaban J connectivity index is 1.43. The second kappa shape index (κ2) is 8.05. The lowest BCUT2D eigenvalue weighted by Gasteiger charge is -2.55. The lowest BCUT2D eigenvalue weighted by molar-refractivity contribution is -0.127. The molecule has 9 heteroatoms. The number of rotatable bonds is 8. The highest BCUT2D eigenvalue weighted by Crippen LogP contribution is 2.44. The van der Waals surface area contributed by atoms with E-state index in [9.17, 15) is 9.59 Å². The highest BCUT2D eigenvalue weighted by Gasteiger charge is 2.50. The second-order valence-electron chi connectivity index (χ2n) is 8.84. The number of hydrogen-bond acceptors (Lipinski definition) is 8. The van der Waals surface area contributed by atoms with Crippen LogP contribution >= 0.6 is 0 Å². The van der Waals surface area contributed by atoms with E-state index in [1.165, 1.54) is 6.20 Å². The number of anilines is 4. The van der Waals surface area contributed by atoms with Gasteiger partial charge in [-0.25, -0.2) is 9.97 Å². The van der Waals surface area contributed by atoms with Gasteiger partial charge in [0.25, 0.3) is 0 Å². The zero-order chi connectivity index (χ0) is 22.3. The minimum absolute atomic E-state index is 0.0338. The van der Waals surface area contributed by atoms with Crippen molar-refractivity contribution in [1.82, 2.24) is 9.97 Å². The molecular formula is C23H27N5O4. The Labute approximate surface area is 186 Å². The molecule has 9 nitrogen and oxygen atoms in total. The summed E-state index contributed by atoms with van der Waals surface area (Å²) in [5, 5.41) is 6.18. The fourth-order valence-electron chi connectivity index (χ4n) is 4.21. The first-order valence-electron chi connectivity index (χ1n) is 11.0. The van der Waals surface area contributed by atoms with E-state index in [1.54, 1.807) is 19.4 Å². The first-order valence-corrected chi connectivity index (χ1v) is 11.0. The van der Waals surface area contributed by atoms with Crippen molar-refractivity contribution in [3.05, 3.63) is 30.1 Å². The molecule has 2 N–H and O–H groups in total. The van der Waals surface area contributed by atoms with E-state index < -0.39 is 0 Å². The molecule has 1 spiro atoms. The van der Waals surface area contributed by atoms with Gasteiger partial charge in [0.05, 0.1) is 42.7 Å². The van der Waals surface area contributed by atoms with Gasteiger partial charge in [-0.05, 0) is 18.9 Å². The third kappa shape index (κ3) is 3.77. The summed E-state index contributed by atoms with van der Waals surface area (Å²) in [6.07, 6.45) is 5.40. The zero-order valence-electron chi connectivity index (χ0n) is 18.3. The van der Waals surface area contributed by atoms with Gasteiger partial charge in [-0.3, -0.25) is 9.59 Å². The molecular weight excluding hydrogens is 410 g/mol. The Morgan fingerprint density at radius 2 is 2.03 bits per heavy atom. The molecule has 5 rings (SSSR count). The smallest absolute Gasteiger partial charge is 0.228 e. The largest absolute Gasteiger partial charge is 0.491 e. The van der Waals surface area contributed by atoms with Crippen LogP contribution in [0.3, 0.4) is 0 Å². The molecule has 3 aliphatic rings. The highest BCUT2D eigenvalue weighted by atomic mass is 16.5. The van der Waals surface area contributed by atoms with Crippen LogP contribution in [0.4, 0.5) is 23.0 Å². The predicted octanol–water partition coefficient (Wildman–Crippen LogP) is 3.01. The number of nitrogens with one attached hydrogen (secondary N) is 2. The second-order valence-corrected chi connectivity index (χ2v) is 8.84. The SMILES string of the molecule is CCC(=O)c1cnc(NC(=O)C2CC2)cc1Nc1ccnc(N2CC3(COC3)C2)c1OC. The Morgan fingerprint density at radius 1 is 1.25 bits per heavy atom. The molecule has 0 bridgehead atoms. The van der Waals surface area contributed by atoms with Crippen LogP contribution in [0.5, 0.6) is 5.75 Å². The fourth-order valence-corrected chi connectivity index (χ4v) is 4.21. The summed E-state index contributed by atoms with van der Waals surface area (Å²) in [4.78, 5) is 35.7. The molecule has 0 atom stereocenters. The van der Waals surface area contributed by atoms with E-state index in [0.29, 0.717) is 34.9 Å². The first-order chi connectivity index (χ1) is 15.5. The van der Waals surface area contributed by atoms with Gasteiger partial charge in [0.1, 0.15) is 5.82 Å². The van der Waals surface area contributed by atoms with Gasteiger partial charge in [0.2, 0.25) is 5.91 Å². The monoisotopic (exact) mass is 437 g/mol. The molecule has 3 fully saturated rings. The highest BCUT2D eigenvalue weighted by molar-refractivity contribution is 6.02. The summed E-state index contributed by atoms with van der Waals surface area (Å²) in [6.45, 7) is 5.15. The molecule has 32 heavy (non-hydrogen) atoms. The number of ketones is 1. The van der Waals surface area contributed by atoms with Gasteiger partial charge in [-0.2, -0.15) is 0 Å². The number of hydrogen-bond donors (Lipinski definition) is 2. The van der Waals surface area contributed by atoms with Gasteiger partial charge in [-0.15, -0.1) is 0 Å². The Kier molecular flexibility index (Phi) is 5.21. The van der Waals surface area contributed by atoms with Crippen molar-refractivity contribution >= 4 is 34.7 Å². The molecule has 2 aromatic rings. The molecule has 2 aliphatic heterocycles. The summed E-state index contributed by atoms with van der Waals surface area (Å²) in [7, 11) is 1.61. The van der Waals surface area contributed by atoms with E-state index >= 15 is 0 Å². The number of nitrogens with zero attached hydrogens (tertiary/aromatic N) is 3. The van der Waals surface area contributed by atoms with Crippen molar-refractivity contribution < 1.29 is 19.1 Å². The van der Waals surface area contributed by atoms with Gasteiger partial charge in [0.15, 0.2) is 17.4 Å². The number of ether oxygens (including phenoxy) is 2. The quantitative estimate of drug-likeness (QED) is 0.607. The molecule has 168 valence electrons. The Bertz CT molecular complexity index is 1060. The molecule has 2 saturated heterocycles. The summed E-state index contributed by atoms with van der Waals surface area (Å²) >= 11 is 0. The maximum Gasteiger partial charge on any atom is 0.228 e. The van der Waals surface area contributed by atoms with Crippen LogP contribution in [0.2, 0.25) is 0 Å².